The Morgan fingerprint density at radius 3 is 2.84 bits per heavy atom. The molecular weight excluding hydrogens is 238 g/mol. The lowest BCUT2D eigenvalue weighted by atomic mass is 10.2. The van der Waals surface area contributed by atoms with Crippen molar-refractivity contribution in [3.8, 4) is 0 Å². The number of nitrogens with one attached hydrogen (secondary N) is 1. The van der Waals surface area contributed by atoms with Crippen LogP contribution in [0.15, 0.2) is 54.7 Å². The van der Waals surface area contributed by atoms with Gasteiger partial charge in [-0.3, -0.25) is 4.79 Å². The maximum absolute atomic E-state index is 11.8. The van der Waals surface area contributed by atoms with Gasteiger partial charge < -0.3 is 4.98 Å². The molecule has 4 heteroatoms. The van der Waals surface area contributed by atoms with Gasteiger partial charge in [-0.25, -0.2) is 0 Å². The van der Waals surface area contributed by atoms with Gasteiger partial charge in [0.1, 0.15) is 0 Å². The first-order valence-electron chi connectivity index (χ1n) is 5.91. The topological polar surface area (TPSA) is 58.6 Å². The van der Waals surface area contributed by atoms with Crippen molar-refractivity contribution in [3.63, 3.8) is 0 Å². The van der Waals surface area contributed by atoms with E-state index >= 15 is 0 Å². The van der Waals surface area contributed by atoms with Crippen LogP contribution in [0.1, 0.15) is 16.2 Å². The van der Waals surface area contributed by atoms with E-state index in [1.165, 1.54) is 6.08 Å². The Labute approximate surface area is 109 Å². The van der Waals surface area contributed by atoms with Gasteiger partial charge in [-0.2, -0.15) is 5.10 Å². The van der Waals surface area contributed by atoms with Crippen LogP contribution in [-0.4, -0.2) is 21.0 Å². The normalized spacial score (nSPS) is 11.2. The van der Waals surface area contributed by atoms with Gasteiger partial charge in [-0.15, -0.1) is 5.10 Å². The van der Waals surface area contributed by atoms with Crippen LogP contribution >= 0.6 is 0 Å². The number of aromatic nitrogens is 3. The van der Waals surface area contributed by atoms with Gasteiger partial charge in [0.15, 0.2) is 0 Å². The maximum Gasteiger partial charge on any atom is 0.202 e. The minimum absolute atomic E-state index is 0.0834. The molecule has 0 bridgehead atoms. The lowest BCUT2D eigenvalue weighted by molar-refractivity contribution is 0.104. The lowest BCUT2D eigenvalue weighted by Crippen LogP contribution is -1.94. The molecule has 0 aliphatic rings. The quantitative estimate of drug-likeness (QED) is 0.573. The molecule has 0 aliphatic carbocycles. The third-order valence-corrected chi connectivity index (χ3v) is 2.78. The zero-order chi connectivity index (χ0) is 13.1. The minimum Gasteiger partial charge on any atom is -0.359 e. The van der Waals surface area contributed by atoms with Gasteiger partial charge in [-0.05, 0) is 36.4 Å². The number of allylic oxidation sites excluding steroid dienone is 1. The fourth-order valence-electron chi connectivity index (χ4n) is 1.82. The number of carbonyl (C=O) groups excluding carboxylic acids is 1. The number of hydrogen-bond donors (Lipinski definition) is 1. The molecule has 1 N–H and O–H groups in total. The Balaban J connectivity index is 1.87. The second-order valence-electron chi connectivity index (χ2n) is 4.11. The Hall–Kier alpha value is -2.75. The Morgan fingerprint density at radius 1 is 1.11 bits per heavy atom. The largest absolute Gasteiger partial charge is 0.359 e. The molecule has 0 fully saturated rings. The standard InChI is InChI=1S/C15H11N3O/c19-15(14-6-3-9-16-14)8-7-12-10-11-4-1-2-5-13(11)18-17-12/h1-10,16H/b8-7+. The van der Waals surface area contributed by atoms with Crippen molar-refractivity contribution in [2.75, 3.05) is 0 Å². The molecule has 0 atom stereocenters. The summed E-state index contributed by atoms with van der Waals surface area (Å²) < 4.78 is 0. The molecule has 0 radical (unpaired) electrons. The zero-order valence-electron chi connectivity index (χ0n) is 10.1. The van der Waals surface area contributed by atoms with Gasteiger partial charge in [0, 0.05) is 11.6 Å². The molecule has 0 saturated carbocycles. The number of rotatable bonds is 3. The molecule has 92 valence electrons. The van der Waals surface area contributed by atoms with E-state index in [0.717, 1.165) is 10.9 Å². The smallest absolute Gasteiger partial charge is 0.202 e. The van der Waals surface area contributed by atoms with Crippen molar-refractivity contribution in [1.82, 2.24) is 15.2 Å². The number of H-pyrrole nitrogens is 1. The third kappa shape index (κ3) is 2.42. The Morgan fingerprint density at radius 2 is 2.00 bits per heavy atom. The van der Waals surface area contributed by atoms with E-state index in [9.17, 15) is 4.79 Å². The van der Waals surface area contributed by atoms with Crippen molar-refractivity contribution in [2.24, 2.45) is 0 Å². The van der Waals surface area contributed by atoms with E-state index in [-0.39, 0.29) is 5.78 Å². The zero-order valence-corrected chi connectivity index (χ0v) is 10.1. The predicted molar refractivity (Wildman–Crippen MR) is 73.7 cm³/mol. The summed E-state index contributed by atoms with van der Waals surface area (Å²) >= 11 is 0. The Kier molecular flexibility index (Phi) is 2.90. The fourth-order valence-corrected chi connectivity index (χ4v) is 1.82. The summed E-state index contributed by atoms with van der Waals surface area (Å²) in [6.45, 7) is 0. The summed E-state index contributed by atoms with van der Waals surface area (Å²) in [7, 11) is 0. The highest BCUT2D eigenvalue weighted by atomic mass is 16.1. The fraction of sp³-hybridized carbons (Fsp3) is 0. The molecule has 3 rings (SSSR count). The second kappa shape index (κ2) is 4.86. The predicted octanol–water partition coefficient (Wildman–Crippen LogP) is 2.85. The molecule has 0 saturated heterocycles. The van der Waals surface area contributed by atoms with Gasteiger partial charge in [0.05, 0.1) is 16.9 Å². The van der Waals surface area contributed by atoms with Crippen molar-refractivity contribution in [1.29, 1.82) is 0 Å². The highest BCUT2D eigenvalue weighted by molar-refractivity contribution is 6.05. The van der Waals surface area contributed by atoms with E-state index in [1.807, 2.05) is 30.3 Å². The Bertz CT molecular complexity index is 745. The number of aromatic amines is 1. The molecule has 4 nitrogen and oxygen atoms in total. The SMILES string of the molecule is O=C(/C=C/c1cc2ccccc2nn1)c1ccc[nH]1. The number of carbonyl (C=O) groups is 1. The average molecular weight is 249 g/mol. The monoisotopic (exact) mass is 249 g/mol. The average Bonchev–Trinajstić information content (AvgIpc) is 2.99. The minimum atomic E-state index is -0.0834. The van der Waals surface area contributed by atoms with Crippen molar-refractivity contribution >= 4 is 22.8 Å². The molecule has 0 aliphatic heterocycles. The van der Waals surface area contributed by atoms with Crippen molar-refractivity contribution < 1.29 is 4.79 Å². The molecule has 0 spiro atoms. The van der Waals surface area contributed by atoms with Gasteiger partial charge in [-0.1, -0.05) is 18.2 Å². The van der Waals surface area contributed by atoms with E-state index in [1.54, 1.807) is 24.4 Å². The molecule has 2 aromatic heterocycles. The van der Waals surface area contributed by atoms with Crippen LogP contribution in [-0.2, 0) is 0 Å². The van der Waals surface area contributed by atoms with Gasteiger partial charge in [0.2, 0.25) is 5.78 Å². The summed E-state index contributed by atoms with van der Waals surface area (Å²) in [5.74, 6) is -0.0834. The van der Waals surface area contributed by atoms with Crippen LogP contribution in [0.25, 0.3) is 17.0 Å². The molecule has 0 amide bonds. The number of hydrogen-bond acceptors (Lipinski definition) is 3. The molecular formula is C15H11N3O. The summed E-state index contributed by atoms with van der Waals surface area (Å²) in [6, 6.07) is 13.2. The van der Waals surface area contributed by atoms with E-state index < -0.39 is 0 Å². The van der Waals surface area contributed by atoms with Crippen LogP contribution in [0, 0.1) is 0 Å². The lowest BCUT2D eigenvalue weighted by Gasteiger charge is -1.96. The van der Waals surface area contributed by atoms with Gasteiger partial charge in [0.25, 0.3) is 0 Å². The maximum atomic E-state index is 11.8. The second-order valence-corrected chi connectivity index (χ2v) is 4.11. The molecule has 2 heterocycles. The highest BCUT2D eigenvalue weighted by Crippen LogP contribution is 2.11. The van der Waals surface area contributed by atoms with E-state index in [0.29, 0.717) is 11.4 Å². The number of fused-ring (bicyclic) bond motifs is 1. The summed E-state index contributed by atoms with van der Waals surface area (Å²) in [5, 5.41) is 9.17. The summed E-state index contributed by atoms with van der Waals surface area (Å²) in [6.07, 6.45) is 4.88. The first-order valence-corrected chi connectivity index (χ1v) is 5.91. The van der Waals surface area contributed by atoms with Crippen molar-refractivity contribution in [3.05, 3.63) is 66.1 Å². The first-order chi connectivity index (χ1) is 9.33. The number of ketones is 1. The van der Waals surface area contributed by atoms with E-state index in [2.05, 4.69) is 15.2 Å². The molecule has 0 unspecified atom stereocenters. The summed E-state index contributed by atoms with van der Waals surface area (Å²) in [5.41, 5.74) is 2.07. The number of nitrogens with zero attached hydrogens (tertiary/aromatic N) is 2. The highest BCUT2D eigenvalue weighted by Gasteiger charge is 2.01. The van der Waals surface area contributed by atoms with Crippen LogP contribution < -0.4 is 0 Å². The van der Waals surface area contributed by atoms with Gasteiger partial charge >= 0.3 is 0 Å². The molecule has 3 aromatic rings. The number of benzene rings is 1. The first kappa shape index (κ1) is 11.3. The van der Waals surface area contributed by atoms with Crippen molar-refractivity contribution in [2.45, 2.75) is 0 Å². The third-order valence-electron chi connectivity index (χ3n) is 2.78. The summed E-state index contributed by atoms with van der Waals surface area (Å²) in [4.78, 5) is 14.6. The van der Waals surface area contributed by atoms with E-state index in [4.69, 9.17) is 0 Å². The van der Waals surface area contributed by atoms with Crippen LogP contribution in [0.4, 0.5) is 0 Å². The van der Waals surface area contributed by atoms with Crippen LogP contribution in [0.3, 0.4) is 0 Å². The molecule has 19 heavy (non-hydrogen) atoms. The van der Waals surface area contributed by atoms with Crippen LogP contribution in [0.2, 0.25) is 0 Å². The van der Waals surface area contributed by atoms with Crippen LogP contribution in [0.5, 0.6) is 0 Å². The molecule has 1 aromatic carbocycles.